The number of rotatable bonds is 0. The van der Waals surface area contributed by atoms with E-state index < -0.39 is 0 Å². The van der Waals surface area contributed by atoms with E-state index in [2.05, 4.69) is 119 Å². The Labute approximate surface area is 267 Å². The summed E-state index contributed by atoms with van der Waals surface area (Å²) in [4.78, 5) is 0. The fourth-order valence-electron chi connectivity index (χ4n) is 13.3. The fourth-order valence-corrected chi connectivity index (χ4v) is 17.7. The summed E-state index contributed by atoms with van der Waals surface area (Å²) < 4.78 is 0.457. The van der Waals surface area contributed by atoms with E-state index in [1.807, 2.05) is 0 Å². The van der Waals surface area contributed by atoms with Crippen LogP contribution < -0.4 is 0 Å². The lowest BCUT2D eigenvalue weighted by molar-refractivity contribution is 0.0290. The highest BCUT2D eigenvalue weighted by atomic mass is 79.9. The Morgan fingerprint density at radius 2 is 0.763 bits per heavy atom. The van der Waals surface area contributed by atoms with Crippen LogP contribution in [0, 0.1) is 67.0 Å². The second kappa shape index (κ2) is 7.58. The predicted octanol–water partition coefficient (Wildman–Crippen LogP) is 12.3. The molecule has 0 N–H and O–H groups in total. The molecular weight excluding hydrogens is 728 g/mol. The predicted molar refractivity (Wildman–Crippen MR) is 175 cm³/mol. The lowest BCUT2D eigenvalue weighted by atomic mass is 9.59. The monoisotopic (exact) mass is 776 g/mol. The largest absolute Gasteiger partial charge is 0.0899 e. The van der Waals surface area contributed by atoms with Gasteiger partial charge in [0.2, 0.25) is 0 Å². The van der Waals surface area contributed by atoms with Crippen LogP contribution in [0.4, 0.5) is 0 Å². The summed E-state index contributed by atoms with van der Waals surface area (Å²) in [6.45, 7) is 20.4. The van der Waals surface area contributed by atoms with E-state index in [1.165, 1.54) is 77.0 Å². The minimum absolute atomic E-state index is 0.228. The van der Waals surface area contributed by atoms with Crippen molar-refractivity contribution in [3.63, 3.8) is 0 Å². The highest BCUT2D eigenvalue weighted by Gasteiger charge is 2.86. The van der Waals surface area contributed by atoms with Gasteiger partial charge in [-0.25, -0.2) is 0 Å². The van der Waals surface area contributed by atoms with Crippen LogP contribution in [0.5, 0.6) is 0 Å². The Morgan fingerprint density at radius 1 is 0.421 bits per heavy atom. The zero-order valence-corrected chi connectivity index (χ0v) is 31.7. The van der Waals surface area contributed by atoms with Gasteiger partial charge in [-0.15, -0.1) is 0 Å². The maximum absolute atomic E-state index is 4.05. The average Bonchev–Trinajstić information content (AvgIpc) is 3.71. The molecule has 0 aliphatic heterocycles. The molecule has 8 fully saturated rings. The number of hydrogen-bond donors (Lipinski definition) is 0. The highest BCUT2D eigenvalue weighted by Crippen LogP contribution is 2.91. The Balaban J connectivity index is 0.000000127. The molecule has 0 aromatic carbocycles. The summed E-state index contributed by atoms with van der Waals surface area (Å²) in [5.41, 5.74) is 4.73. The SMILES string of the molecule is CC1(C)CCC[C@@]2(C)C[C@]23CC[C@]2(C)[C@H]([C@H]13)C2(Br)Br.CC1(C)CCC[C@@]2(C)C[C@]23CC[C@]2(C)[C@H]([C@H]13)C2(Br)Br. The van der Waals surface area contributed by atoms with Gasteiger partial charge in [0.1, 0.15) is 0 Å². The Bertz CT molecular complexity index is 992. The third kappa shape index (κ3) is 3.16. The van der Waals surface area contributed by atoms with E-state index in [0.717, 1.165) is 23.7 Å². The van der Waals surface area contributed by atoms with Gasteiger partial charge < -0.3 is 0 Å². The van der Waals surface area contributed by atoms with Crippen LogP contribution in [0.25, 0.3) is 0 Å². The van der Waals surface area contributed by atoms with Crippen molar-refractivity contribution in [2.75, 3.05) is 0 Å². The molecule has 4 heteroatoms. The first-order valence-corrected chi connectivity index (χ1v) is 19.1. The van der Waals surface area contributed by atoms with Crippen molar-refractivity contribution in [2.45, 2.75) is 139 Å². The highest BCUT2D eigenvalue weighted by molar-refractivity contribution is 9.26. The summed E-state index contributed by atoms with van der Waals surface area (Å²) in [5.74, 6) is 3.49. The smallest absolute Gasteiger partial charge is 0.0718 e. The van der Waals surface area contributed by atoms with Crippen LogP contribution in [-0.2, 0) is 0 Å². The summed E-state index contributed by atoms with van der Waals surface area (Å²) in [6, 6.07) is 0. The van der Waals surface area contributed by atoms with Gasteiger partial charge in [-0.05, 0) is 131 Å². The number of alkyl halides is 4. The second-order valence-electron chi connectivity index (χ2n) is 18.5. The molecule has 0 aromatic heterocycles. The van der Waals surface area contributed by atoms with Crippen molar-refractivity contribution in [1.29, 1.82) is 0 Å². The molecule has 2 spiro atoms. The van der Waals surface area contributed by atoms with Gasteiger partial charge in [0.05, 0.1) is 6.47 Å². The normalized spacial score (nSPS) is 60.3. The molecule has 8 aliphatic carbocycles. The maximum atomic E-state index is 4.05. The molecule has 8 saturated carbocycles. The van der Waals surface area contributed by atoms with Crippen molar-refractivity contribution >= 4 is 63.7 Å². The van der Waals surface area contributed by atoms with Gasteiger partial charge in [0, 0.05) is 0 Å². The molecule has 0 amide bonds. The maximum Gasteiger partial charge on any atom is 0.0899 e. The average molecular weight is 780 g/mol. The number of halogens is 4. The number of fused-ring (bicyclic) bond motifs is 4. The molecule has 0 bridgehead atoms. The van der Waals surface area contributed by atoms with E-state index in [9.17, 15) is 0 Å². The molecule has 38 heavy (non-hydrogen) atoms. The van der Waals surface area contributed by atoms with Gasteiger partial charge in [0.15, 0.2) is 0 Å². The molecular formula is C34H52Br4. The summed E-state index contributed by atoms with van der Waals surface area (Å²) in [6.07, 6.45) is 17.5. The van der Waals surface area contributed by atoms with E-state index in [-0.39, 0.29) is 6.47 Å². The Morgan fingerprint density at radius 3 is 1.11 bits per heavy atom. The lowest BCUT2D eigenvalue weighted by Crippen LogP contribution is -2.39. The van der Waals surface area contributed by atoms with Crippen LogP contribution in [0.2, 0.25) is 0 Å². The topological polar surface area (TPSA) is 0 Å². The first-order valence-electron chi connectivity index (χ1n) is 16.0. The molecule has 0 aromatic rings. The molecule has 0 radical (unpaired) electrons. The molecule has 0 heterocycles. The molecule has 10 atom stereocenters. The first-order chi connectivity index (χ1) is 17.2. The van der Waals surface area contributed by atoms with Gasteiger partial charge in [-0.1, -0.05) is 132 Å². The lowest BCUT2D eigenvalue weighted by Gasteiger charge is -2.45. The standard InChI is InChI=1S/2C17H26Br2/c2*1-13(2)6-5-7-14(3)10-16(14)9-8-15(4)12(11(13)16)17(15,18)19/h2*11-12H,5-10H2,1-4H3/t2*11-,12+,14+,15-,16+/m11/s1. The van der Waals surface area contributed by atoms with E-state index in [0.29, 0.717) is 43.3 Å². The number of hydrogen-bond acceptors (Lipinski definition) is 0. The summed E-state index contributed by atoms with van der Waals surface area (Å²) >= 11 is 16.2. The molecule has 8 aliphatic rings. The van der Waals surface area contributed by atoms with E-state index in [4.69, 9.17) is 0 Å². The third-order valence-electron chi connectivity index (χ3n) is 15.9. The van der Waals surface area contributed by atoms with Crippen molar-refractivity contribution < 1.29 is 0 Å². The zero-order chi connectivity index (χ0) is 27.8. The van der Waals surface area contributed by atoms with Crippen LogP contribution in [0.15, 0.2) is 0 Å². The van der Waals surface area contributed by atoms with E-state index >= 15 is 0 Å². The summed E-state index contributed by atoms with van der Waals surface area (Å²) in [5, 5.41) is 0. The van der Waals surface area contributed by atoms with Crippen LogP contribution in [0.1, 0.15) is 132 Å². The Kier molecular flexibility index (Phi) is 5.72. The second-order valence-corrected chi connectivity index (χ2v) is 25.6. The molecule has 0 saturated heterocycles. The zero-order valence-electron chi connectivity index (χ0n) is 25.3. The van der Waals surface area contributed by atoms with Gasteiger partial charge in [-0.3, -0.25) is 0 Å². The molecule has 8 rings (SSSR count). The van der Waals surface area contributed by atoms with Gasteiger partial charge in [0.25, 0.3) is 0 Å². The minimum atomic E-state index is 0.228. The van der Waals surface area contributed by atoms with E-state index in [1.54, 1.807) is 0 Å². The third-order valence-corrected chi connectivity index (χ3v) is 21.5. The first kappa shape index (κ1) is 28.7. The van der Waals surface area contributed by atoms with Crippen molar-refractivity contribution in [2.24, 2.45) is 67.0 Å². The molecule has 216 valence electrons. The fraction of sp³-hybridized carbons (Fsp3) is 1.00. The van der Waals surface area contributed by atoms with Gasteiger partial charge >= 0.3 is 0 Å². The van der Waals surface area contributed by atoms with Crippen LogP contribution >= 0.6 is 63.7 Å². The van der Waals surface area contributed by atoms with Crippen LogP contribution in [-0.4, -0.2) is 6.47 Å². The summed E-state index contributed by atoms with van der Waals surface area (Å²) in [7, 11) is 0. The quantitative estimate of drug-likeness (QED) is 0.215. The Hall–Kier alpha value is 1.92. The van der Waals surface area contributed by atoms with Crippen molar-refractivity contribution in [1.82, 2.24) is 0 Å². The molecule has 0 unspecified atom stereocenters. The van der Waals surface area contributed by atoms with Gasteiger partial charge in [-0.2, -0.15) is 0 Å². The molecule has 0 nitrogen and oxygen atoms in total. The van der Waals surface area contributed by atoms with Crippen LogP contribution in [0.3, 0.4) is 0 Å². The van der Waals surface area contributed by atoms with Crippen molar-refractivity contribution in [3.8, 4) is 0 Å². The van der Waals surface area contributed by atoms with Crippen molar-refractivity contribution in [3.05, 3.63) is 0 Å². The minimum Gasteiger partial charge on any atom is -0.0718 e.